The summed E-state index contributed by atoms with van der Waals surface area (Å²) >= 11 is 1.64. The number of hydrogen-bond donors (Lipinski definition) is 1. The lowest BCUT2D eigenvalue weighted by Crippen LogP contribution is -2.29. The van der Waals surface area contributed by atoms with E-state index < -0.39 is 10.0 Å². The fourth-order valence-electron chi connectivity index (χ4n) is 1.94. The smallest absolute Gasteiger partial charge is 0.242 e. The molecule has 1 rings (SSSR count). The summed E-state index contributed by atoms with van der Waals surface area (Å²) in [6, 6.07) is 7.27. The molecule has 1 N–H and O–H groups in total. The van der Waals surface area contributed by atoms with Crippen molar-refractivity contribution in [1.82, 2.24) is 9.62 Å². The lowest BCUT2D eigenvalue weighted by atomic mass is 10.1. The standard InChI is InChI=1S/C15H26N2O2S2/c1-4-16-11-5-6-14-7-9-15(10-8-14)21(18,19)17(2)12-13-20-3/h7-10,16H,4-6,11-13H2,1-3H3. The molecule has 0 atom stereocenters. The second-order valence-corrected chi connectivity index (χ2v) is 7.95. The second kappa shape index (κ2) is 9.46. The Bertz CT molecular complexity index is 501. The largest absolute Gasteiger partial charge is 0.317 e. The molecule has 21 heavy (non-hydrogen) atoms. The molecular formula is C15H26N2O2S2. The van der Waals surface area contributed by atoms with Crippen LogP contribution in [-0.4, -0.2) is 51.4 Å². The highest BCUT2D eigenvalue weighted by atomic mass is 32.2. The molecule has 0 unspecified atom stereocenters. The van der Waals surface area contributed by atoms with Crippen molar-refractivity contribution in [3.8, 4) is 0 Å². The maximum absolute atomic E-state index is 12.4. The van der Waals surface area contributed by atoms with Crippen LogP contribution in [0.5, 0.6) is 0 Å². The van der Waals surface area contributed by atoms with Gasteiger partial charge in [0.05, 0.1) is 4.90 Å². The fourth-order valence-corrected chi connectivity index (χ4v) is 3.69. The first-order valence-corrected chi connectivity index (χ1v) is 10.1. The summed E-state index contributed by atoms with van der Waals surface area (Å²) in [5.74, 6) is 0.804. The molecule has 0 saturated carbocycles. The fraction of sp³-hybridized carbons (Fsp3) is 0.600. The Hall–Kier alpha value is -0.560. The minimum absolute atomic E-state index is 0.376. The van der Waals surface area contributed by atoms with Gasteiger partial charge < -0.3 is 5.32 Å². The van der Waals surface area contributed by atoms with Gasteiger partial charge in [-0.1, -0.05) is 19.1 Å². The SMILES string of the molecule is CCNCCCc1ccc(S(=O)(=O)N(C)CCSC)cc1. The second-order valence-electron chi connectivity index (χ2n) is 4.92. The minimum atomic E-state index is -3.35. The summed E-state index contributed by atoms with van der Waals surface area (Å²) in [6.45, 7) is 4.61. The number of aryl methyl sites for hydroxylation is 1. The predicted octanol–water partition coefficient (Wildman–Crippen LogP) is 2.21. The summed E-state index contributed by atoms with van der Waals surface area (Å²) in [7, 11) is -1.71. The molecule has 0 amide bonds. The minimum Gasteiger partial charge on any atom is -0.317 e. The molecule has 1 aromatic rings. The van der Waals surface area contributed by atoms with E-state index in [-0.39, 0.29) is 0 Å². The predicted molar refractivity (Wildman–Crippen MR) is 91.5 cm³/mol. The van der Waals surface area contributed by atoms with Crippen molar-refractivity contribution in [2.75, 3.05) is 38.7 Å². The van der Waals surface area contributed by atoms with Gasteiger partial charge in [0.15, 0.2) is 0 Å². The zero-order valence-corrected chi connectivity index (χ0v) is 14.8. The molecule has 0 bridgehead atoms. The first-order valence-electron chi connectivity index (χ1n) is 7.27. The average Bonchev–Trinajstić information content (AvgIpc) is 2.49. The van der Waals surface area contributed by atoms with Gasteiger partial charge in [0, 0.05) is 19.3 Å². The Morgan fingerprint density at radius 1 is 1.24 bits per heavy atom. The Balaban J connectivity index is 2.63. The van der Waals surface area contributed by atoms with Gasteiger partial charge in [-0.3, -0.25) is 0 Å². The summed E-state index contributed by atoms with van der Waals surface area (Å²) in [6.07, 6.45) is 4.01. The van der Waals surface area contributed by atoms with Crippen molar-refractivity contribution in [3.05, 3.63) is 29.8 Å². The van der Waals surface area contributed by atoms with E-state index in [0.29, 0.717) is 11.4 Å². The molecular weight excluding hydrogens is 304 g/mol. The Morgan fingerprint density at radius 2 is 1.90 bits per heavy atom. The molecule has 0 aliphatic carbocycles. The third kappa shape index (κ3) is 5.98. The Labute approximate surface area is 133 Å². The molecule has 0 aromatic heterocycles. The van der Waals surface area contributed by atoms with Gasteiger partial charge in [0.1, 0.15) is 0 Å². The molecule has 1 aromatic carbocycles. The maximum atomic E-state index is 12.4. The van der Waals surface area contributed by atoms with Crippen LogP contribution < -0.4 is 5.32 Å². The Morgan fingerprint density at radius 3 is 2.48 bits per heavy atom. The van der Waals surface area contributed by atoms with Crippen LogP contribution >= 0.6 is 11.8 Å². The van der Waals surface area contributed by atoms with Gasteiger partial charge in [-0.2, -0.15) is 11.8 Å². The van der Waals surface area contributed by atoms with E-state index in [2.05, 4.69) is 12.2 Å². The van der Waals surface area contributed by atoms with Gasteiger partial charge in [0.25, 0.3) is 0 Å². The van der Waals surface area contributed by atoms with Crippen LogP contribution in [0.3, 0.4) is 0 Å². The zero-order valence-electron chi connectivity index (χ0n) is 13.1. The zero-order chi connectivity index (χ0) is 15.7. The van der Waals surface area contributed by atoms with Crippen molar-refractivity contribution >= 4 is 21.8 Å². The highest BCUT2D eigenvalue weighted by Gasteiger charge is 2.19. The van der Waals surface area contributed by atoms with Crippen LogP contribution in [0.2, 0.25) is 0 Å². The third-order valence-corrected chi connectivity index (χ3v) is 5.77. The number of nitrogens with one attached hydrogen (secondary N) is 1. The van der Waals surface area contributed by atoms with E-state index in [1.54, 1.807) is 30.9 Å². The summed E-state index contributed by atoms with van der Waals surface area (Å²) in [5.41, 5.74) is 1.18. The maximum Gasteiger partial charge on any atom is 0.242 e. The van der Waals surface area contributed by atoms with Gasteiger partial charge in [-0.15, -0.1) is 0 Å². The van der Waals surface area contributed by atoms with Crippen LogP contribution in [0, 0.1) is 0 Å². The number of sulfonamides is 1. The van der Waals surface area contributed by atoms with E-state index in [1.807, 2.05) is 18.4 Å². The van der Waals surface area contributed by atoms with Crippen molar-refractivity contribution in [2.45, 2.75) is 24.7 Å². The van der Waals surface area contributed by atoms with Gasteiger partial charge in [-0.25, -0.2) is 12.7 Å². The number of hydrogen-bond acceptors (Lipinski definition) is 4. The number of benzene rings is 1. The molecule has 0 heterocycles. The number of nitrogens with zero attached hydrogens (tertiary/aromatic N) is 1. The van der Waals surface area contributed by atoms with E-state index in [0.717, 1.165) is 31.7 Å². The molecule has 4 nitrogen and oxygen atoms in total. The highest BCUT2D eigenvalue weighted by molar-refractivity contribution is 7.98. The van der Waals surface area contributed by atoms with E-state index in [4.69, 9.17) is 0 Å². The van der Waals surface area contributed by atoms with Crippen LogP contribution in [0.4, 0.5) is 0 Å². The number of rotatable bonds is 10. The molecule has 0 radical (unpaired) electrons. The molecule has 6 heteroatoms. The van der Waals surface area contributed by atoms with Gasteiger partial charge >= 0.3 is 0 Å². The van der Waals surface area contributed by atoms with E-state index in [9.17, 15) is 8.42 Å². The Kier molecular flexibility index (Phi) is 8.33. The van der Waals surface area contributed by atoms with Crippen LogP contribution in [0.25, 0.3) is 0 Å². The summed E-state index contributed by atoms with van der Waals surface area (Å²) < 4.78 is 26.1. The molecule has 0 fully saturated rings. The lowest BCUT2D eigenvalue weighted by Gasteiger charge is -2.16. The van der Waals surface area contributed by atoms with Crippen molar-refractivity contribution < 1.29 is 8.42 Å². The van der Waals surface area contributed by atoms with Crippen molar-refractivity contribution in [1.29, 1.82) is 0 Å². The normalized spacial score (nSPS) is 12.0. The quantitative estimate of drug-likeness (QED) is 0.668. The highest BCUT2D eigenvalue weighted by Crippen LogP contribution is 2.16. The third-order valence-electron chi connectivity index (χ3n) is 3.31. The summed E-state index contributed by atoms with van der Waals surface area (Å²) in [5, 5.41) is 3.28. The van der Waals surface area contributed by atoms with Crippen LogP contribution in [0.1, 0.15) is 18.9 Å². The first-order chi connectivity index (χ1) is 10.0. The van der Waals surface area contributed by atoms with E-state index >= 15 is 0 Å². The number of thioether (sulfide) groups is 1. The van der Waals surface area contributed by atoms with Gasteiger partial charge in [-0.05, 0) is 49.9 Å². The lowest BCUT2D eigenvalue weighted by molar-refractivity contribution is 0.488. The van der Waals surface area contributed by atoms with Crippen LogP contribution in [-0.2, 0) is 16.4 Å². The average molecular weight is 331 g/mol. The molecule has 0 spiro atoms. The van der Waals surface area contributed by atoms with Crippen molar-refractivity contribution in [3.63, 3.8) is 0 Å². The monoisotopic (exact) mass is 330 g/mol. The molecule has 0 saturated heterocycles. The summed E-state index contributed by atoms with van der Waals surface area (Å²) in [4.78, 5) is 0.376. The topological polar surface area (TPSA) is 49.4 Å². The molecule has 0 aliphatic rings. The van der Waals surface area contributed by atoms with Crippen molar-refractivity contribution in [2.24, 2.45) is 0 Å². The molecule has 0 aliphatic heterocycles. The van der Waals surface area contributed by atoms with Gasteiger partial charge in [0.2, 0.25) is 10.0 Å². The van der Waals surface area contributed by atoms with E-state index in [1.165, 1.54) is 9.87 Å². The first kappa shape index (κ1) is 18.5. The molecule has 120 valence electrons. The van der Waals surface area contributed by atoms with Crippen LogP contribution in [0.15, 0.2) is 29.2 Å².